The zero-order valence-electron chi connectivity index (χ0n) is 10.1. The van der Waals surface area contributed by atoms with Gasteiger partial charge < -0.3 is 10.1 Å². The maximum atomic E-state index is 10.6. The molecule has 3 rings (SSSR count). The van der Waals surface area contributed by atoms with E-state index in [0.717, 1.165) is 9.86 Å². The van der Waals surface area contributed by atoms with E-state index in [1.807, 2.05) is 6.07 Å². The molecule has 2 aromatic heterocycles. The van der Waals surface area contributed by atoms with Crippen molar-refractivity contribution < 1.29 is 5.11 Å². The Labute approximate surface area is 133 Å². The van der Waals surface area contributed by atoms with Gasteiger partial charge in [-0.2, -0.15) is 0 Å². The molecule has 0 saturated carbocycles. The average molecular weight is 372 g/mol. The number of aliphatic hydroxyl groups is 1. The SMILES string of the molecule is OC(c1c(Cl)cccc1Cl)c1c[nH]c2ncc(Br)cc12. The molecule has 0 saturated heterocycles. The molecule has 102 valence electrons. The van der Waals surface area contributed by atoms with Crippen LogP contribution in [0.4, 0.5) is 0 Å². The Hall–Kier alpha value is -1.07. The number of rotatable bonds is 2. The summed E-state index contributed by atoms with van der Waals surface area (Å²) in [5, 5.41) is 12.3. The molecule has 1 unspecified atom stereocenters. The van der Waals surface area contributed by atoms with Crippen LogP contribution in [0.2, 0.25) is 10.0 Å². The summed E-state index contributed by atoms with van der Waals surface area (Å²) in [6.07, 6.45) is 2.49. The lowest BCUT2D eigenvalue weighted by atomic mass is 10.0. The van der Waals surface area contributed by atoms with Crippen molar-refractivity contribution in [3.63, 3.8) is 0 Å². The Bertz CT molecular complexity index is 768. The van der Waals surface area contributed by atoms with Crippen LogP contribution < -0.4 is 0 Å². The number of pyridine rings is 1. The predicted molar refractivity (Wildman–Crippen MR) is 84.3 cm³/mol. The molecule has 0 aliphatic heterocycles. The molecule has 0 fully saturated rings. The summed E-state index contributed by atoms with van der Waals surface area (Å²) < 4.78 is 0.836. The highest BCUT2D eigenvalue weighted by atomic mass is 79.9. The van der Waals surface area contributed by atoms with Gasteiger partial charge in [0.05, 0.1) is 0 Å². The van der Waals surface area contributed by atoms with E-state index in [9.17, 15) is 5.11 Å². The minimum absolute atomic E-state index is 0.433. The van der Waals surface area contributed by atoms with Crippen LogP contribution in [0.3, 0.4) is 0 Å². The van der Waals surface area contributed by atoms with Gasteiger partial charge in [0.25, 0.3) is 0 Å². The molecule has 6 heteroatoms. The molecule has 0 aliphatic carbocycles. The van der Waals surface area contributed by atoms with Gasteiger partial charge in [-0.05, 0) is 34.1 Å². The molecule has 2 N–H and O–H groups in total. The van der Waals surface area contributed by atoms with Crippen molar-refractivity contribution in [3.8, 4) is 0 Å². The fourth-order valence-corrected chi connectivity index (χ4v) is 3.09. The largest absolute Gasteiger partial charge is 0.383 e. The van der Waals surface area contributed by atoms with E-state index in [4.69, 9.17) is 23.2 Å². The molecular formula is C14H9BrCl2N2O. The van der Waals surface area contributed by atoms with Crippen LogP contribution in [0.1, 0.15) is 17.2 Å². The van der Waals surface area contributed by atoms with E-state index in [2.05, 4.69) is 25.9 Å². The monoisotopic (exact) mass is 370 g/mol. The maximum absolute atomic E-state index is 10.6. The van der Waals surface area contributed by atoms with Crippen LogP contribution in [0.5, 0.6) is 0 Å². The second-order valence-electron chi connectivity index (χ2n) is 4.33. The fraction of sp³-hybridized carbons (Fsp3) is 0.0714. The van der Waals surface area contributed by atoms with Gasteiger partial charge in [0, 0.05) is 43.4 Å². The zero-order chi connectivity index (χ0) is 14.3. The third-order valence-corrected chi connectivity index (χ3v) is 4.19. The molecule has 1 atom stereocenters. The van der Waals surface area contributed by atoms with Gasteiger partial charge in [-0.3, -0.25) is 0 Å². The number of H-pyrrole nitrogens is 1. The molecule has 0 amide bonds. The van der Waals surface area contributed by atoms with Crippen LogP contribution in [-0.4, -0.2) is 15.1 Å². The van der Waals surface area contributed by atoms with Crippen molar-refractivity contribution in [3.05, 3.63) is 62.3 Å². The third kappa shape index (κ3) is 2.33. The summed E-state index contributed by atoms with van der Waals surface area (Å²) >= 11 is 15.7. The highest BCUT2D eigenvalue weighted by Crippen LogP contribution is 2.36. The van der Waals surface area contributed by atoms with E-state index in [1.54, 1.807) is 30.6 Å². The fourth-order valence-electron chi connectivity index (χ4n) is 2.15. The average Bonchev–Trinajstić information content (AvgIpc) is 2.81. The lowest BCUT2D eigenvalue weighted by Crippen LogP contribution is -2.00. The highest BCUT2D eigenvalue weighted by Gasteiger charge is 2.20. The smallest absolute Gasteiger partial charge is 0.137 e. The van der Waals surface area contributed by atoms with E-state index >= 15 is 0 Å². The van der Waals surface area contributed by atoms with E-state index in [-0.39, 0.29) is 0 Å². The maximum Gasteiger partial charge on any atom is 0.137 e. The summed E-state index contributed by atoms with van der Waals surface area (Å²) in [5.74, 6) is 0. The first-order chi connectivity index (χ1) is 9.58. The van der Waals surface area contributed by atoms with Crippen molar-refractivity contribution in [2.24, 2.45) is 0 Å². The minimum atomic E-state index is -0.916. The number of fused-ring (bicyclic) bond motifs is 1. The van der Waals surface area contributed by atoms with Crippen molar-refractivity contribution in [2.45, 2.75) is 6.10 Å². The molecule has 2 heterocycles. The Morgan fingerprint density at radius 2 is 1.95 bits per heavy atom. The van der Waals surface area contributed by atoms with Crippen LogP contribution in [-0.2, 0) is 0 Å². The van der Waals surface area contributed by atoms with Crippen molar-refractivity contribution in [1.29, 1.82) is 0 Å². The number of aromatic amines is 1. The molecule has 20 heavy (non-hydrogen) atoms. The standard InChI is InChI=1S/C14H9BrCl2N2O/c15-7-4-8-9(6-19-14(8)18-5-7)13(20)12-10(16)2-1-3-11(12)17/h1-6,13,20H,(H,18,19). The number of hydrogen-bond acceptors (Lipinski definition) is 2. The van der Waals surface area contributed by atoms with Gasteiger partial charge >= 0.3 is 0 Å². The van der Waals surface area contributed by atoms with Gasteiger partial charge in [-0.15, -0.1) is 0 Å². The van der Waals surface area contributed by atoms with Crippen LogP contribution in [0.15, 0.2) is 41.1 Å². The minimum Gasteiger partial charge on any atom is -0.383 e. The van der Waals surface area contributed by atoms with Crippen molar-refractivity contribution in [2.75, 3.05) is 0 Å². The molecule has 0 aliphatic rings. The Kier molecular flexibility index (Phi) is 3.73. The Balaban J connectivity index is 2.18. The summed E-state index contributed by atoms with van der Waals surface area (Å²) in [6.45, 7) is 0. The second kappa shape index (κ2) is 5.37. The number of benzene rings is 1. The molecule has 0 spiro atoms. The number of nitrogens with one attached hydrogen (secondary N) is 1. The topological polar surface area (TPSA) is 48.9 Å². The molecule has 3 aromatic rings. The Morgan fingerprint density at radius 1 is 1.25 bits per heavy atom. The molecular weight excluding hydrogens is 363 g/mol. The summed E-state index contributed by atoms with van der Waals surface area (Å²) in [6, 6.07) is 7.04. The summed E-state index contributed by atoms with van der Waals surface area (Å²) in [4.78, 5) is 7.27. The molecule has 0 radical (unpaired) electrons. The normalized spacial score (nSPS) is 12.8. The first-order valence-electron chi connectivity index (χ1n) is 5.82. The van der Waals surface area contributed by atoms with E-state index in [0.29, 0.717) is 26.8 Å². The van der Waals surface area contributed by atoms with Gasteiger partial charge in [0.15, 0.2) is 0 Å². The van der Waals surface area contributed by atoms with E-state index < -0.39 is 6.10 Å². The van der Waals surface area contributed by atoms with Gasteiger partial charge in [0.1, 0.15) is 11.8 Å². The summed E-state index contributed by atoms with van der Waals surface area (Å²) in [5.41, 5.74) is 1.88. The first-order valence-corrected chi connectivity index (χ1v) is 7.37. The summed E-state index contributed by atoms with van der Waals surface area (Å²) in [7, 11) is 0. The van der Waals surface area contributed by atoms with Gasteiger partial charge in [-0.1, -0.05) is 29.3 Å². The number of halogens is 3. The Morgan fingerprint density at radius 3 is 2.65 bits per heavy atom. The quantitative estimate of drug-likeness (QED) is 0.685. The van der Waals surface area contributed by atoms with Crippen LogP contribution in [0.25, 0.3) is 11.0 Å². The van der Waals surface area contributed by atoms with Crippen molar-refractivity contribution in [1.82, 2.24) is 9.97 Å². The number of aromatic nitrogens is 2. The van der Waals surface area contributed by atoms with Crippen LogP contribution >= 0.6 is 39.1 Å². The van der Waals surface area contributed by atoms with Gasteiger partial charge in [0.2, 0.25) is 0 Å². The van der Waals surface area contributed by atoms with E-state index in [1.165, 1.54) is 0 Å². The predicted octanol–water partition coefficient (Wildman–Crippen LogP) is 4.71. The second-order valence-corrected chi connectivity index (χ2v) is 6.06. The first kappa shape index (κ1) is 13.9. The lowest BCUT2D eigenvalue weighted by Gasteiger charge is -2.13. The lowest BCUT2D eigenvalue weighted by molar-refractivity contribution is 0.222. The molecule has 0 bridgehead atoms. The van der Waals surface area contributed by atoms with Crippen molar-refractivity contribution >= 4 is 50.2 Å². The number of nitrogens with zero attached hydrogens (tertiary/aromatic N) is 1. The zero-order valence-corrected chi connectivity index (χ0v) is 13.2. The third-order valence-electron chi connectivity index (χ3n) is 3.10. The number of hydrogen-bond donors (Lipinski definition) is 2. The number of aliphatic hydroxyl groups excluding tert-OH is 1. The molecule has 3 nitrogen and oxygen atoms in total. The van der Waals surface area contributed by atoms with Gasteiger partial charge in [-0.25, -0.2) is 4.98 Å². The highest BCUT2D eigenvalue weighted by molar-refractivity contribution is 9.10. The molecule has 1 aromatic carbocycles. The van der Waals surface area contributed by atoms with Crippen LogP contribution in [0, 0.1) is 0 Å².